The molecule has 2 unspecified atom stereocenters. The van der Waals surface area contributed by atoms with Gasteiger partial charge in [-0.1, -0.05) is 0 Å². The van der Waals surface area contributed by atoms with Crippen LogP contribution in [0, 0.1) is 16.0 Å². The number of nitro groups is 1. The van der Waals surface area contributed by atoms with Crippen LogP contribution in [-0.2, 0) is 0 Å². The largest absolute Gasteiger partial charge is 0.433 e. The molecule has 0 amide bonds. The van der Waals surface area contributed by atoms with E-state index in [1.165, 1.54) is 6.07 Å². The smallest absolute Gasteiger partial charge is 0.406 e. The van der Waals surface area contributed by atoms with Crippen LogP contribution in [0.15, 0.2) is 16.5 Å². The molecular weight excluding hydrogens is 174 g/mol. The van der Waals surface area contributed by atoms with Gasteiger partial charge in [-0.2, -0.15) is 0 Å². The SMILES string of the molecule is O=[N+]([O-])c1ccc(C2CC2CO)o1. The highest BCUT2D eigenvalue weighted by atomic mass is 16.6. The Labute approximate surface area is 74.1 Å². The minimum atomic E-state index is -0.556. The minimum absolute atomic E-state index is 0.124. The normalized spacial score (nSPS) is 25.9. The number of nitrogens with zero attached hydrogens (tertiary/aromatic N) is 1. The molecule has 0 bridgehead atoms. The molecule has 1 N–H and O–H groups in total. The van der Waals surface area contributed by atoms with Gasteiger partial charge in [-0.3, -0.25) is 10.1 Å². The van der Waals surface area contributed by atoms with Gasteiger partial charge in [0.25, 0.3) is 0 Å². The van der Waals surface area contributed by atoms with Crippen molar-refractivity contribution in [1.29, 1.82) is 0 Å². The van der Waals surface area contributed by atoms with Crippen molar-refractivity contribution in [2.45, 2.75) is 12.3 Å². The van der Waals surface area contributed by atoms with E-state index in [1.807, 2.05) is 0 Å². The number of hydrogen-bond donors (Lipinski definition) is 1. The Kier molecular flexibility index (Phi) is 1.81. The van der Waals surface area contributed by atoms with Crippen LogP contribution >= 0.6 is 0 Å². The fourth-order valence-electron chi connectivity index (χ4n) is 1.44. The van der Waals surface area contributed by atoms with E-state index in [2.05, 4.69) is 0 Å². The zero-order chi connectivity index (χ0) is 9.42. The number of aliphatic hydroxyl groups excluding tert-OH is 1. The molecule has 70 valence electrons. The molecule has 0 radical (unpaired) electrons. The highest BCUT2D eigenvalue weighted by Crippen LogP contribution is 2.47. The summed E-state index contributed by atoms with van der Waals surface area (Å²) in [5.41, 5.74) is 0. The van der Waals surface area contributed by atoms with Crippen molar-refractivity contribution in [3.63, 3.8) is 0 Å². The Morgan fingerprint density at radius 1 is 1.69 bits per heavy atom. The summed E-state index contributed by atoms with van der Waals surface area (Å²) in [6, 6.07) is 2.96. The third-order valence-corrected chi connectivity index (χ3v) is 2.32. The minimum Gasteiger partial charge on any atom is -0.406 e. The van der Waals surface area contributed by atoms with Crippen LogP contribution in [0.25, 0.3) is 0 Å². The Balaban J connectivity index is 2.11. The summed E-state index contributed by atoms with van der Waals surface area (Å²) < 4.78 is 4.99. The lowest BCUT2D eigenvalue weighted by Gasteiger charge is -1.89. The average molecular weight is 183 g/mol. The van der Waals surface area contributed by atoms with Crippen LogP contribution in [-0.4, -0.2) is 16.6 Å². The maximum Gasteiger partial charge on any atom is 0.433 e. The lowest BCUT2D eigenvalue weighted by molar-refractivity contribution is -0.402. The Bertz CT molecular complexity index is 333. The van der Waals surface area contributed by atoms with E-state index >= 15 is 0 Å². The fraction of sp³-hybridized carbons (Fsp3) is 0.500. The quantitative estimate of drug-likeness (QED) is 0.565. The Morgan fingerprint density at radius 3 is 2.92 bits per heavy atom. The van der Waals surface area contributed by atoms with Gasteiger partial charge >= 0.3 is 5.88 Å². The second-order valence-corrected chi connectivity index (χ2v) is 3.22. The number of aliphatic hydroxyl groups is 1. The van der Waals surface area contributed by atoms with Gasteiger partial charge in [-0.15, -0.1) is 0 Å². The van der Waals surface area contributed by atoms with Crippen LogP contribution in [0.4, 0.5) is 5.88 Å². The van der Waals surface area contributed by atoms with Gasteiger partial charge in [0, 0.05) is 12.5 Å². The molecule has 5 heteroatoms. The van der Waals surface area contributed by atoms with Gasteiger partial charge in [-0.25, -0.2) is 0 Å². The molecule has 1 heterocycles. The first-order valence-corrected chi connectivity index (χ1v) is 4.07. The first-order valence-electron chi connectivity index (χ1n) is 4.07. The molecule has 2 atom stereocenters. The lowest BCUT2D eigenvalue weighted by Crippen LogP contribution is -1.87. The molecule has 0 aliphatic heterocycles. The highest BCUT2D eigenvalue weighted by Gasteiger charge is 2.40. The van der Waals surface area contributed by atoms with Crippen LogP contribution in [0.2, 0.25) is 0 Å². The first kappa shape index (κ1) is 8.25. The second-order valence-electron chi connectivity index (χ2n) is 3.22. The van der Waals surface area contributed by atoms with Gasteiger partial charge in [0.1, 0.15) is 10.7 Å². The molecular formula is C8H9NO4. The number of furan rings is 1. The summed E-state index contributed by atoms with van der Waals surface area (Å²) in [6.07, 6.45) is 0.862. The maximum absolute atomic E-state index is 10.3. The Morgan fingerprint density at radius 2 is 2.46 bits per heavy atom. The third-order valence-electron chi connectivity index (χ3n) is 2.32. The van der Waals surface area contributed by atoms with Crippen molar-refractivity contribution in [2.24, 2.45) is 5.92 Å². The van der Waals surface area contributed by atoms with E-state index in [-0.39, 0.29) is 24.3 Å². The zero-order valence-electron chi connectivity index (χ0n) is 6.84. The Hall–Kier alpha value is -1.36. The van der Waals surface area contributed by atoms with E-state index in [4.69, 9.17) is 9.52 Å². The second kappa shape index (κ2) is 2.85. The molecule has 1 aliphatic rings. The van der Waals surface area contributed by atoms with Gasteiger partial charge < -0.3 is 9.52 Å². The standard InChI is InChI=1S/C8H9NO4/c10-4-5-3-6(5)7-1-2-8(13-7)9(11)12/h1-2,5-6,10H,3-4H2. The van der Waals surface area contributed by atoms with E-state index in [0.29, 0.717) is 5.76 Å². The summed E-state index contributed by atoms with van der Waals surface area (Å²) >= 11 is 0. The molecule has 1 aliphatic carbocycles. The topological polar surface area (TPSA) is 76.5 Å². The maximum atomic E-state index is 10.3. The lowest BCUT2D eigenvalue weighted by atomic mass is 10.2. The molecule has 1 saturated carbocycles. The van der Waals surface area contributed by atoms with Gasteiger partial charge in [-0.05, 0) is 18.4 Å². The third kappa shape index (κ3) is 1.42. The fourth-order valence-corrected chi connectivity index (χ4v) is 1.44. The average Bonchev–Trinajstić information content (AvgIpc) is 2.73. The molecule has 1 aromatic heterocycles. The molecule has 0 saturated heterocycles. The van der Waals surface area contributed by atoms with Crippen LogP contribution in [0.1, 0.15) is 18.1 Å². The van der Waals surface area contributed by atoms with Crippen molar-refractivity contribution in [3.05, 3.63) is 28.0 Å². The molecule has 0 spiro atoms. The van der Waals surface area contributed by atoms with E-state index in [9.17, 15) is 10.1 Å². The summed E-state index contributed by atoms with van der Waals surface area (Å²) in [7, 11) is 0. The first-order chi connectivity index (χ1) is 6.22. The van der Waals surface area contributed by atoms with E-state index in [0.717, 1.165) is 6.42 Å². The van der Waals surface area contributed by atoms with Crippen LogP contribution in [0.3, 0.4) is 0 Å². The zero-order valence-corrected chi connectivity index (χ0v) is 6.84. The van der Waals surface area contributed by atoms with Gasteiger partial charge in [0.15, 0.2) is 0 Å². The van der Waals surface area contributed by atoms with Crippen molar-refractivity contribution in [2.75, 3.05) is 6.61 Å². The van der Waals surface area contributed by atoms with Crippen LogP contribution < -0.4 is 0 Å². The number of rotatable bonds is 3. The van der Waals surface area contributed by atoms with Crippen molar-refractivity contribution < 1.29 is 14.4 Å². The van der Waals surface area contributed by atoms with Gasteiger partial charge in [0.05, 0.1) is 6.07 Å². The summed E-state index contributed by atoms with van der Waals surface area (Å²) in [5, 5.41) is 19.0. The van der Waals surface area contributed by atoms with E-state index in [1.54, 1.807) is 6.07 Å². The molecule has 2 rings (SSSR count). The van der Waals surface area contributed by atoms with Crippen molar-refractivity contribution in [3.8, 4) is 0 Å². The predicted octanol–water partition coefficient (Wildman–Crippen LogP) is 1.28. The predicted molar refractivity (Wildman–Crippen MR) is 43.3 cm³/mol. The van der Waals surface area contributed by atoms with Crippen molar-refractivity contribution >= 4 is 5.88 Å². The highest BCUT2D eigenvalue weighted by molar-refractivity contribution is 5.24. The van der Waals surface area contributed by atoms with Crippen molar-refractivity contribution in [1.82, 2.24) is 0 Å². The molecule has 1 fully saturated rings. The summed E-state index contributed by atoms with van der Waals surface area (Å²) in [6.45, 7) is 0.124. The molecule has 5 nitrogen and oxygen atoms in total. The molecule has 1 aromatic rings. The summed E-state index contributed by atoms with van der Waals surface area (Å²) in [5.74, 6) is 0.800. The molecule has 13 heavy (non-hydrogen) atoms. The number of hydrogen-bond acceptors (Lipinski definition) is 4. The van der Waals surface area contributed by atoms with Gasteiger partial charge in [0.2, 0.25) is 0 Å². The van der Waals surface area contributed by atoms with E-state index < -0.39 is 4.92 Å². The monoisotopic (exact) mass is 183 g/mol. The molecule has 0 aromatic carbocycles. The van der Waals surface area contributed by atoms with Crippen LogP contribution in [0.5, 0.6) is 0 Å². The summed E-state index contributed by atoms with van der Waals surface area (Å²) in [4.78, 5) is 9.72.